The first kappa shape index (κ1) is 18.1. The van der Waals surface area contributed by atoms with Gasteiger partial charge < -0.3 is 10.2 Å². The van der Waals surface area contributed by atoms with E-state index in [1.165, 1.54) is 0 Å². The zero-order valence-electron chi connectivity index (χ0n) is 13.9. The summed E-state index contributed by atoms with van der Waals surface area (Å²) in [5.74, 6) is 0.0619. The highest BCUT2D eigenvalue weighted by Gasteiger charge is 2.19. The van der Waals surface area contributed by atoms with Crippen molar-refractivity contribution in [1.82, 2.24) is 10.2 Å². The number of nitrogens with one attached hydrogen (secondary N) is 1. The van der Waals surface area contributed by atoms with Crippen LogP contribution in [0.25, 0.3) is 0 Å². The van der Waals surface area contributed by atoms with Crippen LogP contribution in [-0.2, 0) is 11.3 Å². The molecule has 1 N–H and O–H groups in total. The van der Waals surface area contributed by atoms with Gasteiger partial charge in [-0.05, 0) is 23.8 Å². The fourth-order valence-corrected chi connectivity index (χ4v) is 3.19. The number of anilines is 1. The lowest BCUT2D eigenvalue weighted by Crippen LogP contribution is -2.49. The van der Waals surface area contributed by atoms with Gasteiger partial charge in [0.15, 0.2) is 0 Å². The highest BCUT2D eigenvalue weighted by molar-refractivity contribution is 6.42. The summed E-state index contributed by atoms with van der Waals surface area (Å²) in [5, 5.41) is 4.12. The summed E-state index contributed by atoms with van der Waals surface area (Å²) in [6.07, 6.45) is 0. The molecule has 0 bridgehead atoms. The second kappa shape index (κ2) is 8.56. The van der Waals surface area contributed by atoms with Gasteiger partial charge in [-0.25, -0.2) is 0 Å². The maximum Gasteiger partial charge on any atom is 0.234 e. The molecule has 0 aromatic heterocycles. The Kier molecular flexibility index (Phi) is 6.19. The molecule has 1 aliphatic rings. The first-order chi connectivity index (χ1) is 12.1. The van der Waals surface area contributed by atoms with Gasteiger partial charge in [-0.3, -0.25) is 9.69 Å². The van der Waals surface area contributed by atoms with E-state index in [2.05, 4.69) is 15.1 Å². The Hall–Kier alpha value is -1.75. The van der Waals surface area contributed by atoms with E-state index >= 15 is 0 Å². The number of carbonyl (C=O) groups excluding carboxylic acids is 1. The number of piperazine rings is 1. The molecule has 1 amide bonds. The standard InChI is InChI=1S/C19H21Cl2N3O/c20-17-7-6-16(12-18(17)21)24-10-8-23(9-11-24)14-19(25)22-13-15-4-2-1-3-5-15/h1-7,12H,8-11,13-14H2,(H,22,25). The molecule has 1 aliphatic heterocycles. The molecule has 0 aliphatic carbocycles. The van der Waals surface area contributed by atoms with Gasteiger partial charge in [-0.1, -0.05) is 53.5 Å². The van der Waals surface area contributed by atoms with Gasteiger partial charge in [0.05, 0.1) is 16.6 Å². The van der Waals surface area contributed by atoms with Crippen molar-refractivity contribution in [2.24, 2.45) is 0 Å². The van der Waals surface area contributed by atoms with Crippen LogP contribution in [0.2, 0.25) is 10.0 Å². The molecular formula is C19H21Cl2N3O. The van der Waals surface area contributed by atoms with Gasteiger partial charge in [0, 0.05) is 38.4 Å². The SMILES string of the molecule is O=C(CN1CCN(c2ccc(Cl)c(Cl)c2)CC1)NCc1ccccc1. The molecular weight excluding hydrogens is 357 g/mol. The van der Waals surface area contributed by atoms with Crippen LogP contribution in [0.1, 0.15) is 5.56 Å². The Balaban J connectivity index is 1.44. The van der Waals surface area contributed by atoms with E-state index in [-0.39, 0.29) is 5.91 Å². The maximum absolute atomic E-state index is 12.1. The van der Waals surface area contributed by atoms with Gasteiger partial charge in [-0.2, -0.15) is 0 Å². The van der Waals surface area contributed by atoms with Crippen LogP contribution in [0.4, 0.5) is 5.69 Å². The van der Waals surface area contributed by atoms with E-state index in [0.717, 1.165) is 37.4 Å². The third-order valence-electron chi connectivity index (χ3n) is 4.34. The zero-order valence-corrected chi connectivity index (χ0v) is 15.4. The molecule has 1 saturated heterocycles. The molecule has 0 unspecified atom stereocenters. The van der Waals surface area contributed by atoms with Gasteiger partial charge >= 0.3 is 0 Å². The summed E-state index contributed by atoms with van der Waals surface area (Å²) in [4.78, 5) is 16.6. The largest absolute Gasteiger partial charge is 0.369 e. The van der Waals surface area contributed by atoms with Crippen molar-refractivity contribution in [3.05, 3.63) is 64.1 Å². The van der Waals surface area contributed by atoms with Crippen LogP contribution in [0, 0.1) is 0 Å². The quantitative estimate of drug-likeness (QED) is 0.866. The fraction of sp³-hybridized carbons (Fsp3) is 0.316. The van der Waals surface area contributed by atoms with Gasteiger partial charge in [0.25, 0.3) is 0 Å². The predicted molar refractivity (Wildman–Crippen MR) is 103 cm³/mol. The number of hydrogen-bond donors (Lipinski definition) is 1. The van der Waals surface area contributed by atoms with Crippen molar-refractivity contribution in [2.75, 3.05) is 37.6 Å². The lowest BCUT2D eigenvalue weighted by atomic mass is 10.2. The molecule has 0 atom stereocenters. The van der Waals surface area contributed by atoms with Gasteiger partial charge in [-0.15, -0.1) is 0 Å². The second-order valence-electron chi connectivity index (χ2n) is 6.12. The number of nitrogens with zero attached hydrogens (tertiary/aromatic N) is 2. The summed E-state index contributed by atoms with van der Waals surface area (Å²) in [7, 11) is 0. The van der Waals surface area contributed by atoms with Gasteiger partial charge in [0.2, 0.25) is 5.91 Å². The molecule has 0 saturated carbocycles. The molecule has 25 heavy (non-hydrogen) atoms. The number of hydrogen-bond acceptors (Lipinski definition) is 3. The van der Waals surface area contributed by atoms with Crippen LogP contribution >= 0.6 is 23.2 Å². The Morgan fingerprint density at radius 2 is 1.68 bits per heavy atom. The number of rotatable bonds is 5. The van der Waals surface area contributed by atoms with Crippen molar-refractivity contribution in [1.29, 1.82) is 0 Å². The minimum absolute atomic E-state index is 0.0619. The average molecular weight is 378 g/mol. The summed E-state index contributed by atoms with van der Waals surface area (Å²) in [6, 6.07) is 15.6. The fourth-order valence-electron chi connectivity index (χ4n) is 2.90. The lowest BCUT2D eigenvalue weighted by molar-refractivity contribution is -0.122. The third-order valence-corrected chi connectivity index (χ3v) is 5.08. The first-order valence-electron chi connectivity index (χ1n) is 8.35. The normalized spacial score (nSPS) is 15.2. The molecule has 0 spiro atoms. The van der Waals surface area contributed by atoms with E-state index in [1.54, 1.807) is 0 Å². The highest BCUT2D eigenvalue weighted by Crippen LogP contribution is 2.27. The van der Waals surface area contributed by atoms with Crippen LogP contribution in [-0.4, -0.2) is 43.5 Å². The van der Waals surface area contributed by atoms with Crippen LogP contribution in [0.5, 0.6) is 0 Å². The van der Waals surface area contributed by atoms with Crippen molar-refractivity contribution in [2.45, 2.75) is 6.54 Å². The van der Waals surface area contributed by atoms with E-state index in [9.17, 15) is 4.79 Å². The van der Waals surface area contributed by atoms with E-state index in [0.29, 0.717) is 23.1 Å². The van der Waals surface area contributed by atoms with E-state index in [4.69, 9.17) is 23.2 Å². The summed E-state index contributed by atoms with van der Waals surface area (Å²) in [5.41, 5.74) is 2.18. The predicted octanol–water partition coefficient (Wildman–Crippen LogP) is 3.43. The molecule has 132 valence electrons. The number of benzene rings is 2. The number of carbonyl (C=O) groups is 1. The molecule has 6 heteroatoms. The molecule has 1 heterocycles. The molecule has 2 aromatic carbocycles. The maximum atomic E-state index is 12.1. The minimum atomic E-state index is 0.0619. The summed E-state index contributed by atoms with van der Waals surface area (Å²) in [6.45, 7) is 4.43. The molecule has 1 fully saturated rings. The van der Waals surface area contributed by atoms with Crippen molar-refractivity contribution >= 4 is 34.8 Å². The third kappa shape index (κ3) is 5.11. The minimum Gasteiger partial charge on any atom is -0.369 e. The molecule has 3 rings (SSSR count). The molecule has 0 radical (unpaired) electrons. The van der Waals surface area contributed by atoms with Crippen molar-refractivity contribution < 1.29 is 4.79 Å². The lowest BCUT2D eigenvalue weighted by Gasteiger charge is -2.35. The average Bonchev–Trinajstić information content (AvgIpc) is 2.64. The van der Waals surface area contributed by atoms with Gasteiger partial charge in [0.1, 0.15) is 0 Å². The van der Waals surface area contributed by atoms with Crippen LogP contribution in [0.15, 0.2) is 48.5 Å². The summed E-state index contributed by atoms with van der Waals surface area (Å²) < 4.78 is 0. The van der Waals surface area contributed by atoms with E-state index < -0.39 is 0 Å². The Morgan fingerprint density at radius 1 is 0.960 bits per heavy atom. The van der Waals surface area contributed by atoms with Crippen molar-refractivity contribution in [3.63, 3.8) is 0 Å². The van der Waals surface area contributed by atoms with Crippen LogP contribution in [0.3, 0.4) is 0 Å². The Bertz CT molecular complexity index is 716. The Morgan fingerprint density at radius 3 is 2.36 bits per heavy atom. The zero-order chi connectivity index (χ0) is 17.6. The second-order valence-corrected chi connectivity index (χ2v) is 6.94. The number of amides is 1. The highest BCUT2D eigenvalue weighted by atomic mass is 35.5. The van der Waals surface area contributed by atoms with Crippen molar-refractivity contribution in [3.8, 4) is 0 Å². The molecule has 2 aromatic rings. The van der Waals surface area contributed by atoms with Crippen LogP contribution < -0.4 is 10.2 Å². The monoisotopic (exact) mass is 377 g/mol. The molecule has 4 nitrogen and oxygen atoms in total. The first-order valence-corrected chi connectivity index (χ1v) is 9.10. The Labute approximate surface area is 158 Å². The summed E-state index contributed by atoms with van der Waals surface area (Å²) >= 11 is 12.1. The number of halogens is 2. The smallest absolute Gasteiger partial charge is 0.234 e. The topological polar surface area (TPSA) is 35.6 Å². The van der Waals surface area contributed by atoms with E-state index in [1.807, 2.05) is 48.5 Å².